The summed E-state index contributed by atoms with van der Waals surface area (Å²) in [7, 11) is 0. The van der Waals surface area contributed by atoms with Gasteiger partial charge in [-0.2, -0.15) is 11.8 Å². The second-order valence-corrected chi connectivity index (χ2v) is 7.68. The Kier molecular flexibility index (Phi) is 6.15. The van der Waals surface area contributed by atoms with Crippen LogP contribution in [-0.2, 0) is 9.59 Å². The van der Waals surface area contributed by atoms with Crippen LogP contribution in [0, 0.1) is 5.92 Å². The van der Waals surface area contributed by atoms with Crippen LogP contribution in [0.25, 0.3) is 0 Å². The van der Waals surface area contributed by atoms with E-state index in [1.807, 2.05) is 18.2 Å². The van der Waals surface area contributed by atoms with Gasteiger partial charge in [-0.1, -0.05) is 18.2 Å². The number of piperidine rings is 1. The number of rotatable bonds is 4. The number of likely N-dealkylation sites (tertiary alicyclic amines) is 1. The Balaban J connectivity index is 1.36. The van der Waals surface area contributed by atoms with Crippen molar-refractivity contribution < 1.29 is 9.59 Å². The SMILES string of the molecule is O=C(NCC1CCN([C@@H]2CCSC2)CC1)C(=O)Nc1ccccc1. The lowest BCUT2D eigenvalue weighted by Crippen LogP contribution is -2.45. The van der Waals surface area contributed by atoms with Crippen molar-refractivity contribution in [3.63, 3.8) is 0 Å². The first-order valence-corrected chi connectivity index (χ1v) is 9.84. The van der Waals surface area contributed by atoms with Gasteiger partial charge in [-0.15, -0.1) is 0 Å². The van der Waals surface area contributed by atoms with Crippen molar-refractivity contribution in [3.05, 3.63) is 30.3 Å². The van der Waals surface area contributed by atoms with Crippen molar-refractivity contribution in [2.45, 2.75) is 25.3 Å². The first kappa shape index (κ1) is 17.3. The molecule has 3 rings (SSSR count). The first-order valence-electron chi connectivity index (χ1n) is 8.68. The normalized spacial score (nSPS) is 22.2. The Morgan fingerprint density at radius 3 is 2.50 bits per heavy atom. The van der Waals surface area contributed by atoms with E-state index >= 15 is 0 Å². The molecule has 5 nitrogen and oxygen atoms in total. The molecule has 130 valence electrons. The molecule has 0 spiro atoms. The highest BCUT2D eigenvalue weighted by atomic mass is 32.2. The van der Waals surface area contributed by atoms with Crippen molar-refractivity contribution in [1.29, 1.82) is 0 Å². The summed E-state index contributed by atoms with van der Waals surface area (Å²) in [4.78, 5) is 26.4. The lowest BCUT2D eigenvalue weighted by Gasteiger charge is -2.35. The van der Waals surface area contributed by atoms with E-state index in [4.69, 9.17) is 0 Å². The number of anilines is 1. The Morgan fingerprint density at radius 1 is 1.08 bits per heavy atom. The summed E-state index contributed by atoms with van der Waals surface area (Å²) in [5.74, 6) is 1.89. The minimum absolute atomic E-state index is 0.476. The van der Waals surface area contributed by atoms with E-state index in [0.29, 0.717) is 18.2 Å². The third-order valence-corrected chi connectivity index (χ3v) is 6.01. The molecule has 0 aliphatic carbocycles. The van der Waals surface area contributed by atoms with Gasteiger partial charge in [0.2, 0.25) is 0 Å². The molecule has 1 aromatic rings. The molecule has 0 bridgehead atoms. The van der Waals surface area contributed by atoms with Crippen molar-refractivity contribution in [3.8, 4) is 0 Å². The fourth-order valence-electron chi connectivity index (χ4n) is 3.36. The van der Waals surface area contributed by atoms with Crippen LogP contribution in [0.4, 0.5) is 5.69 Å². The average Bonchev–Trinajstić information content (AvgIpc) is 3.15. The van der Waals surface area contributed by atoms with Gasteiger partial charge in [0.25, 0.3) is 0 Å². The molecule has 1 atom stereocenters. The van der Waals surface area contributed by atoms with Crippen LogP contribution in [-0.4, -0.2) is 53.9 Å². The Morgan fingerprint density at radius 2 is 1.83 bits per heavy atom. The van der Waals surface area contributed by atoms with Gasteiger partial charge in [0.1, 0.15) is 0 Å². The molecule has 2 heterocycles. The molecule has 2 saturated heterocycles. The lowest BCUT2D eigenvalue weighted by atomic mass is 9.95. The van der Waals surface area contributed by atoms with E-state index in [0.717, 1.165) is 32.0 Å². The number of amides is 2. The number of thioether (sulfide) groups is 1. The maximum Gasteiger partial charge on any atom is 0.313 e. The predicted molar refractivity (Wildman–Crippen MR) is 98.1 cm³/mol. The van der Waals surface area contributed by atoms with Crippen molar-refractivity contribution in [2.75, 3.05) is 36.5 Å². The van der Waals surface area contributed by atoms with Crippen LogP contribution in [0.2, 0.25) is 0 Å². The number of hydrogen-bond acceptors (Lipinski definition) is 4. The van der Waals surface area contributed by atoms with Crippen molar-refractivity contribution >= 4 is 29.3 Å². The van der Waals surface area contributed by atoms with Gasteiger partial charge in [-0.25, -0.2) is 0 Å². The van der Waals surface area contributed by atoms with Crippen LogP contribution in [0.15, 0.2) is 30.3 Å². The number of carbonyl (C=O) groups excluding carboxylic acids is 2. The summed E-state index contributed by atoms with van der Waals surface area (Å²) in [6, 6.07) is 9.80. The van der Waals surface area contributed by atoms with Crippen LogP contribution >= 0.6 is 11.8 Å². The molecule has 0 unspecified atom stereocenters. The van der Waals surface area contributed by atoms with E-state index in [2.05, 4.69) is 27.3 Å². The number of hydrogen-bond donors (Lipinski definition) is 2. The quantitative estimate of drug-likeness (QED) is 0.818. The average molecular weight is 347 g/mol. The molecule has 2 amide bonds. The van der Waals surface area contributed by atoms with Gasteiger partial charge < -0.3 is 10.6 Å². The van der Waals surface area contributed by atoms with Crippen LogP contribution in [0.1, 0.15) is 19.3 Å². The summed E-state index contributed by atoms with van der Waals surface area (Å²) in [6.45, 7) is 2.82. The second-order valence-electron chi connectivity index (χ2n) is 6.53. The number of nitrogens with zero attached hydrogens (tertiary/aromatic N) is 1. The Bertz CT molecular complexity index is 553. The summed E-state index contributed by atoms with van der Waals surface area (Å²) in [5, 5.41) is 5.40. The molecule has 0 radical (unpaired) electrons. The third-order valence-electron chi connectivity index (χ3n) is 4.86. The monoisotopic (exact) mass is 347 g/mol. The number of benzene rings is 1. The largest absolute Gasteiger partial charge is 0.348 e. The van der Waals surface area contributed by atoms with E-state index in [9.17, 15) is 9.59 Å². The zero-order valence-electron chi connectivity index (χ0n) is 13.9. The fraction of sp³-hybridized carbons (Fsp3) is 0.556. The highest BCUT2D eigenvalue weighted by Gasteiger charge is 2.27. The molecular weight excluding hydrogens is 322 g/mol. The highest BCUT2D eigenvalue weighted by molar-refractivity contribution is 7.99. The minimum Gasteiger partial charge on any atom is -0.348 e. The predicted octanol–water partition coefficient (Wildman–Crippen LogP) is 1.96. The van der Waals surface area contributed by atoms with Gasteiger partial charge in [0.15, 0.2) is 0 Å². The maximum atomic E-state index is 11.9. The lowest BCUT2D eigenvalue weighted by molar-refractivity contribution is -0.136. The Labute approximate surface area is 147 Å². The molecule has 0 aromatic heterocycles. The van der Waals surface area contributed by atoms with Gasteiger partial charge in [0, 0.05) is 24.0 Å². The standard InChI is InChI=1S/C18H25N3O2S/c22-17(18(23)20-15-4-2-1-3-5-15)19-12-14-6-9-21(10-7-14)16-8-11-24-13-16/h1-5,14,16H,6-13H2,(H,19,22)(H,20,23)/t16-/m1/s1. The molecule has 2 fully saturated rings. The second kappa shape index (κ2) is 8.53. The first-order chi connectivity index (χ1) is 11.7. The van der Waals surface area contributed by atoms with E-state index in [1.54, 1.807) is 12.1 Å². The number of nitrogens with one attached hydrogen (secondary N) is 2. The van der Waals surface area contributed by atoms with Gasteiger partial charge in [-0.3, -0.25) is 14.5 Å². The minimum atomic E-state index is -0.596. The van der Waals surface area contributed by atoms with E-state index < -0.39 is 11.8 Å². The molecule has 2 aliphatic rings. The molecular formula is C18H25N3O2S. The number of para-hydroxylation sites is 1. The van der Waals surface area contributed by atoms with E-state index in [1.165, 1.54) is 17.9 Å². The van der Waals surface area contributed by atoms with Crippen molar-refractivity contribution in [1.82, 2.24) is 10.2 Å². The van der Waals surface area contributed by atoms with Gasteiger partial charge in [0.05, 0.1) is 0 Å². The fourth-order valence-corrected chi connectivity index (χ4v) is 4.61. The Hall–Kier alpha value is -1.53. The third kappa shape index (κ3) is 4.74. The summed E-state index contributed by atoms with van der Waals surface area (Å²) < 4.78 is 0. The summed E-state index contributed by atoms with van der Waals surface area (Å²) >= 11 is 2.05. The van der Waals surface area contributed by atoms with Crippen LogP contribution in [0.3, 0.4) is 0 Å². The molecule has 2 aliphatic heterocycles. The van der Waals surface area contributed by atoms with E-state index in [-0.39, 0.29) is 0 Å². The van der Waals surface area contributed by atoms with Gasteiger partial charge >= 0.3 is 11.8 Å². The summed E-state index contributed by atoms with van der Waals surface area (Å²) in [5.41, 5.74) is 0.639. The topological polar surface area (TPSA) is 61.4 Å². The maximum absolute atomic E-state index is 11.9. The molecule has 6 heteroatoms. The molecule has 0 saturated carbocycles. The number of carbonyl (C=O) groups is 2. The van der Waals surface area contributed by atoms with Crippen LogP contribution in [0.5, 0.6) is 0 Å². The smallest absolute Gasteiger partial charge is 0.313 e. The van der Waals surface area contributed by atoms with Gasteiger partial charge in [-0.05, 0) is 56.2 Å². The van der Waals surface area contributed by atoms with Crippen molar-refractivity contribution in [2.24, 2.45) is 5.92 Å². The zero-order valence-corrected chi connectivity index (χ0v) is 14.7. The molecule has 2 N–H and O–H groups in total. The summed E-state index contributed by atoms with van der Waals surface area (Å²) in [6.07, 6.45) is 3.51. The molecule has 24 heavy (non-hydrogen) atoms. The molecule has 1 aromatic carbocycles. The zero-order chi connectivity index (χ0) is 16.8. The highest BCUT2D eigenvalue weighted by Crippen LogP contribution is 2.26. The van der Waals surface area contributed by atoms with Crippen LogP contribution < -0.4 is 10.6 Å².